The van der Waals surface area contributed by atoms with Gasteiger partial charge in [0.2, 0.25) is 0 Å². The second-order valence-corrected chi connectivity index (χ2v) is 30.5. The lowest BCUT2D eigenvalue weighted by Gasteiger charge is -2.60. The van der Waals surface area contributed by atoms with Crippen LogP contribution < -0.4 is 0 Å². The highest BCUT2D eigenvalue weighted by molar-refractivity contribution is 7.80. The molecule has 6 saturated heterocycles. The van der Waals surface area contributed by atoms with Gasteiger partial charge in [0.25, 0.3) is 0 Å². The Kier molecular flexibility index (Phi) is 24.1. The smallest absolute Gasteiger partial charge is 0.394 e. The zero-order chi connectivity index (χ0) is 70.3. The highest BCUT2D eigenvalue weighted by Crippen LogP contribution is 2.67. The topological polar surface area (TPSA) is 515 Å². The summed E-state index contributed by atoms with van der Waals surface area (Å²) in [6.45, 7) is 11.4. The van der Waals surface area contributed by atoms with Crippen LogP contribution in [-0.2, 0) is 76.2 Å². The molecular weight excluding hydrogens is 1300 g/mol. The normalized spacial score (nSPS) is 51.6. The molecule has 554 valence electrons. The Hall–Kier alpha value is -1.84. The van der Waals surface area contributed by atoms with Gasteiger partial charge in [-0.25, -0.2) is 4.18 Å². The molecule has 0 aromatic rings. The Bertz CT molecular complexity index is 2750. The molecule has 0 spiro atoms. The average molecular weight is 1410 g/mol. The Morgan fingerprint density at radius 3 is 1.64 bits per heavy atom. The van der Waals surface area contributed by atoms with Gasteiger partial charge in [-0.3, -0.25) is 9.35 Å². The molecule has 17 N–H and O–H groups in total. The van der Waals surface area contributed by atoms with E-state index in [1.165, 1.54) is 20.8 Å². The summed E-state index contributed by atoms with van der Waals surface area (Å²) in [6, 6.07) is 0. The van der Waals surface area contributed by atoms with Gasteiger partial charge in [-0.05, 0) is 113 Å². The van der Waals surface area contributed by atoms with Crippen LogP contribution in [0.2, 0.25) is 0 Å². The third-order valence-corrected chi connectivity index (χ3v) is 22.9. The number of Topliss-reactive ketones (excluding diaryl/α,β-unsaturated/α-hetero) is 1. The number of hydrogen-bond acceptors (Lipinski definition) is 32. The number of aliphatic hydroxyl groups is 16. The summed E-state index contributed by atoms with van der Waals surface area (Å²) >= 11 is 0. The molecule has 0 amide bonds. The Labute approximate surface area is 555 Å². The number of hydrogen-bond donors (Lipinski definition) is 17. The molecule has 0 aromatic carbocycles. The molecule has 96 heavy (non-hydrogen) atoms. The van der Waals surface area contributed by atoms with Crippen molar-refractivity contribution in [1.29, 1.82) is 0 Å². The van der Waals surface area contributed by atoms with Crippen LogP contribution in [0.3, 0.4) is 0 Å². The summed E-state index contributed by atoms with van der Waals surface area (Å²) in [5, 5.41) is 179. The van der Waals surface area contributed by atoms with Crippen LogP contribution in [0.15, 0.2) is 11.6 Å². The van der Waals surface area contributed by atoms with E-state index >= 15 is 0 Å². The second kappa shape index (κ2) is 30.1. The molecule has 0 radical (unpaired) electrons. The van der Waals surface area contributed by atoms with E-state index in [0.717, 1.165) is 5.57 Å². The van der Waals surface area contributed by atoms with Crippen LogP contribution in [-0.4, -0.2) is 316 Å². The van der Waals surface area contributed by atoms with E-state index in [1.807, 2.05) is 13.8 Å². The van der Waals surface area contributed by atoms with E-state index in [0.29, 0.717) is 38.5 Å². The molecule has 34 heteroatoms. The molecule has 10 aliphatic rings. The minimum Gasteiger partial charge on any atom is -0.394 e. The zero-order valence-corrected chi connectivity index (χ0v) is 55.7. The van der Waals surface area contributed by atoms with E-state index in [-0.39, 0.29) is 48.7 Å². The fourth-order valence-corrected chi connectivity index (χ4v) is 17.8. The molecule has 0 unspecified atom stereocenters. The summed E-state index contributed by atoms with van der Waals surface area (Å²) < 4.78 is 112. The molecule has 9 fully saturated rings. The molecular formula is C62H102O33S. The number of allylic oxidation sites excluding steroid dienone is 2. The minimum absolute atomic E-state index is 0.00878. The third-order valence-electron chi connectivity index (χ3n) is 22.4. The average Bonchev–Trinajstić information content (AvgIpc) is 1.29. The van der Waals surface area contributed by atoms with Gasteiger partial charge < -0.3 is 139 Å². The largest absolute Gasteiger partial charge is 0.397 e. The molecule has 6 aliphatic heterocycles. The number of aliphatic hydroxyl groups excluding tert-OH is 15. The Morgan fingerprint density at radius 2 is 1.06 bits per heavy atom. The molecule has 4 aliphatic carbocycles. The van der Waals surface area contributed by atoms with Crippen LogP contribution in [0.1, 0.15) is 113 Å². The number of carbonyl (C=O) groups excluding carboxylic acids is 1. The van der Waals surface area contributed by atoms with Gasteiger partial charge in [0.05, 0.1) is 55.9 Å². The van der Waals surface area contributed by atoms with E-state index in [1.54, 1.807) is 6.92 Å². The van der Waals surface area contributed by atoms with Crippen LogP contribution in [0.5, 0.6) is 0 Å². The first-order valence-electron chi connectivity index (χ1n) is 33.4. The van der Waals surface area contributed by atoms with E-state index < -0.39 is 243 Å². The lowest BCUT2D eigenvalue weighted by Crippen LogP contribution is -2.67. The van der Waals surface area contributed by atoms with Crippen molar-refractivity contribution in [3.8, 4) is 0 Å². The summed E-state index contributed by atoms with van der Waals surface area (Å²) in [6.07, 6.45) is -48.6. The maximum atomic E-state index is 13.3. The Balaban J connectivity index is 0.903. The number of ether oxygens (including phenoxy) is 12. The molecule has 38 atom stereocenters. The van der Waals surface area contributed by atoms with Gasteiger partial charge >= 0.3 is 10.4 Å². The van der Waals surface area contributed by atoms with Crippen LogP contribution in [0, 0.1) is 40.4 Å². The first-order chi connectivity index (χ1) is 44.9. The van der Waals surface area contributed by atoms with Gasteiger partial charge in [-0.1, -0.05) is 39.3 Å². The highest BCUT2D eigenvalue weighted by atomic mass is 32.3. The first-order valence-corrected chi connectivity index (χ1v) is 34.8. The molecule has 6 heterocycles. The lowest BCUT2D eigenvalue weighted by atomic mass is 9.47. The van der Waals surface area contributed by atoms with Crippen molar-refractivity contribution in [2.75, 3.05) is 19.8 Å². The quantitative estimate of drug-likeness (QED) is 0.0379. The standard InChI is InChI=1S/C62H102O33S/c1-22(2)15-26(65)18-62(8,79)36-10-9-29-28-17-32(31-16-27(95-96(80,81)82)11-13-60(31,6)30(28)12-14-61(29,36)7)87-56-48(77)51(39(68)24(4)85-56)92-58-52(93-54-46(75)43(72)37(66)23(3)84-54)42(71)35(21-83-58)90-59-53(45(74)41(70)34(20-64)89-59)94-57-49(78)50(38(67)25(5)86-57)91-55-47(76)44(73)40(69)33(19-63)88-55/h12,22-25,27-29,31-59,63-64,66-79H,9-11,13-21H2,1-8H3,(H,80,81,82)/t23-,24+,25-,27-,28+,29+,31-,32+,33+,34+,35-,36+,37+,38+,39+,40+,41-,42-,43-,44-,45+,46+,47-,48-,49-,50-,51+,52+,53-,54+,55-,56+,57-,58-,59+,60-,61+,62+/m0/s1. The van der Waals surface area contributed by atoms with Gasteiger partial charge in [0, 0.05) is 12.8 Å². The summed E-state index contributed by atoms with van der Waals surface area (Å²) in [4.78, 5) is 13.3. The van der Waals surface area contributed by atoms with E-state index in [4.69, 9.17) is 61.0 Å². The van der Waals surface area contributed by atoms with Crippen molar-refractivity contribution in [2.45, 2.75) is 309 Å². The van der Waals surface area contributed by atoms with Gasteiger partial charge in [-0.15, -0.1) is 0 Å². The van der Waals surface area contributed by atoms with Crippen LogP contribution in [0.4, 0.5) is 0 Å². The summed E-state index contributed by atoms with van der Waals surface area (Å²) in [5.41, 5.74) is -1.36. The lowest BCUT2D eigenvalue weighted by molar-refractivity contribution is -0.402. The van der Waals surface area contributed by atoms with Gasteiger partial charge in [0.1, 0.15) is 128 Å². The molecule has 10 rings (SSSR count). The fraction of sp³-hybridized carbons (Fsp3) is 0.952. The number of carbonyl (C=O) groups is 1. The van der Waals surface area contributed by atoms with Gasteiger partial charge in [0.15, 0.2) is 37.7 Å². The predicted molar refractivity (Wildman–Crippen MR) is 318 cm³/mol. The third kappa shape index (κ3) is 15.2. The molecule has 33 nitrogen and oxygen atoms in total. The van der Waals surface area contributed by atoms with E-state index in [2.05, 4.69) is 19.9 Å². The molecule has 0 bridgehead atoms. The van der Waals surface area contributed by atoms with Crippen molar-refractivity contribution in [3.63, 3.8) is 0 Å². The maximum absolute atomic E-state index is 13.3. The minimum atomic E-state index is -4.92. The number of rotatable bonds is 21. The van der Waals surface area contributed by atoms with Crippen molar-refractivity contribution in [3.05, 3.63) is 11.6 Å². The monoisotopic (exact) mass is 1410 g/mol. The predicted octanol–water partition coefficient (Wildman–Crippen LogP) is -4.85. The number of ketones is 1. The molecule has 0 aromatic heterocycles. The fourth-order valence-electron chi connectivity index (χ4n) is 17.2. The van der Waals surface area contributed by atoms with Crippen LogP contribution in [0.25, 0.3) is 0 Å². The zero-order valence-electron chi connectivity index (χ0n) is 54.9. The highest BCUT2D eigenvalue weighted by Gasteiger charge is 2.64. The summed E-state index contributed by atoms with van der Waals surface area (Å²) in [7, 11) is -4.92. The van der Waals surface area contributed by atoms with Crippen molar-refractivity contribution in [2.24, 2.45) is 40.4 Å². The Morgan fingerprint density at radius 1 is 0.573 bits per heavy atom. The first kappa shape index (κ1) is 76.8. The maximum Gasteiger partial charge on any atom is 0.397 e. The molecule has 3 saturated carbocycles. The van der Waals surface area contributed by atoms with E-state index in [9.17, 15) is 99.5 Å². The summed E-state index contributed by atoms with van der Waals surface area (Å²) in [5.74, 6) is -0.947. The second-order valence-electron chi connectivity index (χ2n) is 29.5. The van der Waals surface area contributed by atoms with Crippen LogP contribution >= 0.6 is 0 Å². The SMILES string of the molecule is CC(C)CC(=O)C[C@@](C)(O)[C@@H]1CC[C@@H]2[C@H]3C[C@@H](O[C@H]4O[C@H](C)[C@@H](O)[C@@H](O[C@@H]5OC[C@H](O[C@H]6O[C@H](CO)[C@H](O)[C@@H](O)[C@@H]6O[C@@H]6O[C@@H](C)[C@@H](O)[C@H](O[C@@H]7O[C@H](CO)[C@@H](O)[C@H](O)[C@@H]7O)[C@@H]6O)[C@H](O)[C@H]5O[C@H]5O[C@@H](C)[C@@H](O)[C@H](O)[C@H]5O)[C@@H]4O)[C@@H]4C[C@@H](OS(=O)(=O)O)CC[C@@]4(C)C3=CC[C@]21C. The van der Waals surface area contributed by atoms with Crippen molar-refractivity contribution >= 4 is 16.2 Å². The van der Waals surface area contributed by atoms with Crippen molar-refractivity contribution in [1.82, 2.24) is 0 Å². The number of fused-ring (bicyclic) bond motifs is 5. The van der Waals surface area contributed by atoms with Gasteiger partial charge in [-0.2, -0.15) is 8.42 Å². The van der Waals surface area contributed by atoms with Crippen molar-refractivity contribution < 1.29 is 160 Å².